The third-order valence-electron chi connectivity index (χ3n) is 2.31. The van der Waals surface area contributed by atoms with Crippen molar-refractivity contribution >= 4 is 23.2 Å². The number of nitrogens with zero attached hydrogens (tertiary/aromatic N) is 1. The van der Waals surface area contributed by atoms with E-state index in [0.717, 1.165) is 0 Å². The summed E-state index contributed by atoms with van der Waals surface area (Å²) >= 11 is 5.72. The Labute approximate surface area is 116 Å². The zero-order valence-corrected chi connectivity index (χ0v) is 10.9. The number of benzene rings is 1. The van der Waals surface area contributed by atoms with Crippen molar-refractivity contribution in [2.24, 2.45) is 0 Å². The molecular weight excluding hydrogens is 264 g/mol. The third kappa shape index (κ3) is 4.49. The summed E-state index contributed by atoms with van der Waals surface area (Å²) in [5.74, 6) is -0.889. The maximum absolute atomic E-state index is 11.8. The van der Waals surface area contributed by atoms with Gasteiger partial charge >= 0.3 is 0 Å². The van der Waals surface area contributed by atoms with Crippen LogP contribution in [0.2, 0.25) is 5.02 Å². The second kappa shape index (κ2) is 7.24. The normalized spacial score (nSPS) is 11.2. The number of hydrogen-bond donors (Lipinski definition) is 2. The number of aliphatic hydroxyl groups is 1. The van der Waals surface area contributed by atoms with Crippen LogP contribution in [0.5, 0.6) is 0 Å². The summed E-state index contributed by atoms with van der Waals surface area (Å²) in [5.41, 5.74) is 0.204. The smallest absolute Gasteiger partial charge is 0.269 e. The molecule has 0 unspecified atom stereocenters. The number of allylic oxidation sites excluding steroid dienone is 2. The highest BCUT2D eigenvalue weighted by molar-refractivity contribution is 6.30. The number of aliphatic hydroxyl groups excluding tert-OH is 1. The van der Waals surface area contributed by atoms with Gasteiger partial charge in [-0.25, -0.2) is 0 Å². The van der Waals surface area contributed by atoms with Crippen LogP contribution in [0.3, 0.4) is 0 Å². The van der Waals surface area contributed by atoms with Gasteiger partial charge in [-0.1, -0.05) is 17.7 Å². The molecule has 98 valence electrons. The predicted molar refractivity (Wildman–Crippen MR) is 74.8 cm³/mol. The molecule has 0 saturated carbocycles. The Morgan fingerprint density at radius 1 is 1.47 bits per heavy atom. The topological polar surface area (TPSA) is 73.1 Å². The van der Waals surface area contributed by atoms with E-state index in [0.29, 0.717) is 17.1 Å². The molecule has 0 atom stereocenters. The molecule has 0 aliphatic heterocycles. The number of hydrogen-bond acceptors (Lipinski definition) is 3. The molecule has 1 aromatic rings. The van der Waals surface area contributed by atoms with Crippen LogP contribution in [-0.4, -0.2) is 11.0 Å². The number of nitrogens with one attached hydrogen (secondary N) is 1. The number of amides is 1. The van der Waals surface area contributed by atoms with Gasteiger partial charge in [0.15, 0.2) is 5.57 Å². The quantitative estimate of drug-likeness (QED) is 0.374. The van der Waals surface area contributed by atoms with Gasteiger partial charge in [0.2, 0.25) is 0 Å². The molecule has 0 aliphatic rings. The first-order valence-corrected chi connectivity index (χ1v) is 5.96. The van der Waals surface area contributed by atoms with Crippen LogP contribution in [0.4, 0.5) is 5.69 Å². The zero-order chi connectivity index (χ0) is 14.3. The fraction of sp³-hybridized carbons (Fsp3) is 0.143. The molecular formula is C14H13ClN2O2. The van der Waals surface area contributed by atoms with Crippen LogP contribution >= 0.6 is 11.6 Å². The van der Waals surface area contributed by atoms with Crippen molar-refractivity contribution in [1.82, 2.24) is 0 Å². The molecule has 1 aromatic carbocycles. The van der Waals surface area contributed by atoms with E-state index >= 15 is 0 Å². The summed E-state index contributed by atoms with van der Waals surface area (Å²) in [7, 11) is 0. The molecule has 0 spiro atoms. The van der Waals surface area contributed by atoms with Crippen molar-refractivity contribution in [3.05, 3.63) is 53.3 Å². The molecule has 0 saturated heterocycles. The largest absolute Gasteiger partial charge is 0.511 e. The number of carbonyl (C=O) groups is 1. The average Bonchev–Trinajstić information content (AvgIpc) is 2.40. The molecule has 2 N–H and O–H groups in total. The van der Waals surface area contributed by atoms with Crippen LogP contribution in [-0.2, 0) is 4.79 Å². The molecule has 0 aliphatic carbocycles. The molecule has 0 heterocycles. The Bertz CT molecular complexity index is 542. The number of nitriles is 1. The van der Waals surface area contributed by atoms with E-state index in [-0.39, 0.29) is 17.8 Å². The van der Waals surface area contributed by atoms with Gasteiger partial charge in [-0.15, -0.1) is 6.58 Å². The Balaban J connectivity index is 2.83. The first kappa shape index (κ1) is 14.8. The molecule has 4 nitrogen and oxygen atoms in total. The Kier molecular flexibility index (Phi) is 5.65. The van der Waals surface area contributed by atoms with Gasteiger partial charge in [-0.05, 0) is 30.7 Å². The van der Waals surface area contributed by atoms with E-state index in [1.54, 1.807) is 36.4 Å². The van der Waals surface area contributed by atoms with E-state index < -0.39 is 5.91 Å². The lowest BCUT2D eigenvalue weighted by Gasteiger charge is -2.06. The highest BCUT2D eigenvalue weighted by atomic mass is 35.5. The highest BCUT2D eigenvalue weighted by Gasteiger charge is 2.14. The minimum Gasteiger partial charge on any atom is -0.511 e. The van der Waals surface area contributed by atoms with E-state index in [1.165, 1.54) is 0 Å². The van der Waals surface area contributed by atoms with Crippen LogP contribution in [0, 0.1) is 11.3 Å². The fourth-order valence-electron chi connectivity index (χ4n) is 1.34. The predicted octanol–water partition coefficient (Wildman–Crippen LogP) is 3.58. The number of rotatable bonds is 5. The number of halogens is 1. The second-order valence-electron chi connectivity index (χ2n) is 3.72. The standard InChI is InChI=1S/C14H13ClN2O2/c1-2-3-4-13(18)12(9-16)14(19)17-11-7-5-10(15)6-8-11/h2,5-8,18H,1,3-4H2,(H,17,19)/b13-12-. The molecule has 19 heavy (non-hydrogen) atoms. The second-order valence-corrected chi connectivity index (χ2v) is 4.16. The lowest BCUT2D eigenvalue weighted by molar-refractivity contribution is -0.112. The fourth-order valence-corrected chi connectivity index (χ4v) is 1.46. The van der Waals surface area contributed by atoms with Crippen molar-refractivity contribution in [2.45, 2.75) is 12.8 Å². The molecule has 5 heteroatoms. The summed E-state index contributed by atoms with van der Waals surface area (Å²) in [6.07, 6.45) is 2.30. The van der Waals surface area contributed by atoms with E-state index in [4.69, 9.17) is 16.9 Å². The minimum atomic E-state index is -0.647. The average molecular weight is 277 g/mol. The Morgan fingerprint density at radius 3 is 2.63 bits per heavy atom. The molecule has 0 radical (unpaired) electrons. The number of anilines is 1. The minimum absolute atomic E-state index is 0.209. The van der Waals surface area contributed by atoms with Gasteiger partial charge in [-0.3, -0.25) is 4.79 Å². The van der Waals surface area contributed by atoms with Gasteiger partial charge in [0, 0.05) is 17.1 Å². The first-order chi connectivity index (χ1) is 9.08. The summed E-state index contributed by atoms with van der Waals surface area (Å²) in [4.78, 5) is 11.8. The van der Waals surface area contributed by atoms with Gasteiger partial charge < -0.3 is 10.4 Å². The van der Waals surface area contributed by atoms with Gasteiger partial charge in [0.05, 0.1) is 0 Å². The van der Waals surface area contributed by atoms with Gasteiger partial charge in [0.25, 0.3) is 5.91 Å². The van der Waals surface area contributed by atoms with Crippen molar-refractivity contribution in [3.63, 3.8) is 0 Å². The van der Waals surface area contributed by atoms with Gasteiger partial charge in [0.1, 0.15) is 11.8 Å². The highest BCUT2D eigenvalue weighted by Crippen LogP contribution is 2.15. The third-order valence-corrected chi connectivity index (χ3v) is 2.57. The summed E-state index contributed by atoms with van der Waals surface area (Å²) in [6.45, 7) is 3.51. The van der Waals surface area contributed by atoms with Crippen molar-refractivity contribution in [3.8, 4) is 6.07 Å². The molecule has 1 amide bonds. The lowest BCUT2D eigenvalue weighted by atomic mass is 10.1. The van der Waals surface area contributed by atoms with Crippen LogP contribution in [0.1, 0.15) is 12.8 Å². The maximum Gasteiger partial charge on any atom is 0.269 e. The van der Waals surface area contributed by atoms with Crippen LogP contribution < -0.4 is 5.32 Å². The summed E-state index contributed by atoms with van der Waals surface area (Å²) in [6, 6.07) is 8.14. The first-order valence-electron chi connectivity index (χ1n) is 5.58. The summed E-state index contributed by atoms with van der Waals surface area (Å²) in [5, 5.41) is 21.6. The molecule has 0 bridgehead atoms. The van der Waals surface area contributed by atoms with Gasteiger partial charge in [-0.2, -0.15) is 5.26 Å². The van der Waals surface area contributed by atoms with E-state index in [9.17, 15) is 9.90 Å². The van der Waals surface area contributed by atoms with Crippen molar-refractivity contribution in [2.75, 3.05) is 5.32 Å². The zero-order valence-electron chi connectivity index (χ0n) is 10.2. The Morgan fingerprint density at radius 2 is 2.11 bits per heavy atom. The maximum atomic E-state index is 11.8. The van der Waals surface area contributed by atoms with E-state index in [2.05, 4.69) is 11.9 Å². The lowest BCUT2D eigenvalue weighted by Crippen LogP contribution is -2.15. The monoisotopic (exact) mass is 276 g/mol. The van der Waals surface area contributed by atoms with Crippen LogP contribution in [0.15, 0.2) is 48.3 Å². The van der Waals surface area contributed by atoms with Crippen molar-refractivity contribution < 1.29 is 9.90 Å². The summed E-state index contributed by atoms with van der Waals surface area (Å²) < 4.78 is 0. The number of carbonyl (C=O) groups excluding carboxylic acids is 1. The van der Waals surface area contributed by atoms with E-state index in [1.807, 2.05) is 0 Å². The molecule has 0 fully saturated rings. The SMILES string of the molecule is C=CCC/C(O)=C(\C#N)C(=O)Nc1ccc(Cl)cc1. The Hall–Kier alpha value is -2.25. The van der Waals surface area contributed by atoms with Crippen LogP contribution in [0.25, 0.3) is 0 Å². The van der Waals surface area contributed by atoms with Crippen molar-refractivity contribution in [1.29, 1.82) is 5.26 Å². The molecule has 1 rings (SSSR count). The molecule has 0 aromatic heterocycles.